The Balaban J connectivity index is 0.885. The number of hydrogen-bond acceptors (Lipinski definition) is 12. The molecule has 16 heteroatoms. The van der Waals surface area contributed by atoms with E-state index in [1.807, 2.05) is 13.8 Å². The summed E-state index contributed by atoms with van der Waals surface area (Å²) in [6.45, 7) is 13.6. The predicted molar refractivity (Wildman–Crippen MR) is 174 cm³/mol. The van der Waals surface area contributed by atoms with Gasteiger partial charge >= 0.3 is 6.18 Å². The molecule has 2 spiro atoms. The van der Waals surface area contributed by atoms with E-state index in [-0.39, 0.29) is 48.4 Å². The molecule has 8 saturated heterocycles. The molecule has 9 heterocycles. The maximum atomic E-state index is 15.3. The lowest BCUT2D eigenvalue weighted by atomic mass is 9.57. The third-order valence-electron chi connectivity index (χ3n) is 14.9. The highest BCUT2D eigenvalue weighted by Gasteiger charge is 2.77. The van der Waals surface area contributed by atoms with Crippen molar-refractivity contribution < 1.29 is 61.1 Å². The smallest absolute Gasteiger partial charge is 0.348 e. The molecule has 16 atom stereocenters. The fraction of sp³-hybridized carbons (Fsp3) is 0.946. The average molecular weight is 758 g/mol. The number of halogens is 3. The number of ether oxygens (including phenoxy) is 6. The van der Waals surface area contributed by atoms with Gasteiger partial charge in [0.15, 0.2) is 29.6 Å². The predicted octanol–water partition coefficient (Wildman–Crippen LogP) is 6.55. The van der Waals surface area contributed by atoms with Crippen LogP contribution < -0.4 is 0 Å². The second-order valence-electron chi connectivity index (χ2n) is 17.9. The van der Waals surface area contributed by atoms with Crippen LogP contribution in [0, 0.1) is 47.3 Å². The Morgan fingerprint density at radius 1 is 0.717 bits per heavy atom. The van der Waals surface area contributed by atoms with Crippen LogP contribution in [0.4, 0.5) is 13.2 Å². The third kappa shape index (κ3) is 5.32. The van der Waals surface area contributed by atoms with Crippen molar-refractivity contribution >= 4 is 0 Å². The van der Waals surface area contributed by atoms with Gasteiger partial charge in [0.2, 0.25) is 11.6 Å². The molecule has 298 valence electrons. The molecule has 53 heavy (non-hydrogen) atoms. The van der Waals surface area contributed by atoms with Crippen molar-refractivity contribution in [1.29, 1.82) is 0 Å². The van der Waals surface area contributed by atoms with Crippen molar-refractivity contribution in [2.75, 3.05) is 6.61 Å². The van der Waals surface area contributed by atoms with Crippen LogP contribution in [-0.2, 0) is 61.1 Å². The van der Waals surface area contributed by atoms with Crippen LogP contribution in [-0.4, -0.2) is 74.7 Å². The summed E-state index contributed by atoms with van der Waals surface area (Å²) in [5.41, 5.74) is -1.65. The van der Waals surface area contributed by atoms with Gasteiger partial charge in [-0.1, -0.05) is 32.9 Å². The van der Waals surface area contributed by atoms with Gasteiger partial charge in [0, 0.05) is 36.5 Å². The Hall–Kier alpha value is -1.47. The largest absolute Gasteiger partial charge is 0.443 e. The lowest BCUT2D eigenvalue weighted by molar-refractivity contribution is -0.599. The summed E-state index contributed by atoms with van der Waals surface area (Å²) in [7, 11) is 0. The van der Waals surface area contributed by atoms with Crippen molar-refractivity contribution in [1.82, 2.24) is 15.0 Å². The first-order valence-corrected chi connectivity index (χ1v) is 19.7. The Morgan fingerprint density at radius 2 is 1.28 bits per heavy atom. The fourth-order valence-corrected chi connectivity index (χ4v) is 11.8. The normalized spacial score (nSPS) is 53.1. The van der Waals surface area contributed by atoms with Crippen LogP contribution in [0.15, 0.2) is 6.20 Å². The Bertz CT molecular complexity index is 1570. The molecule has 2 saturated carbocycles. The minimum Gasteiger partial charge on any atom is -0.348 e. The molecule has 0 unspecified atom stereocenters. The zero-order chi connectivity index (χ0) is 37.4. The highest BCUT2D eigenvalue weighted by molar-refractivity contribution is 5.13. The van der Waals surface area contributed by atoms with Gasteiger partial charge in [0.05, 0.1) is 26.0 Å². The molecule has 13 nitrogen and oxygen atoms in total. The van der Waals surface area contributed by atoms with E-state index in [0.29, 0.717) is 31.6 Å². The second-order valence-corrected chi connectivity index (χ2v) is 17.9. The van der Waals surface area contributed by atoms with E-state index in [2.05, 4.69) is 31.1 Å². The number of fused-ring (bicyclic) bond motifs is 4. The maximum absolute atomic E-state index is 15.3. The van der Waals surface area contributed by atoms with Crippen LogP contribution in [0.2, 0.25) is 0 Å². The van der Waals surface area contributed by atoms with Crippen LogP contribution >= 0.6 is 0 Å². The van der Waals surface area contributed by atoms with Gasteiger partial charge in [0.25, 0.3) is 5.79 Å². The molecule has 0 radical (unpaired) electrons. The van der Waals surface area contributed by atoms with Crippen molar-refractivity contribution in [3.63, 3.8) is 0 Å². The first kappa shape index (κ1) is 37.1. The van der Waals surface area contributed by atoms with E-state index in [1.165, 1.54) is 11.6 Å². The summed E-state index contributed by atoms with van der Waals surface area (Å²) in [5.74, 6) is -6.93. The van der Waals surface area contributed by atoms with E-state index in [9.17, 15) is 0 Å². The Morgan fingerprint density at radius 3 is 1.87 bits per heavy atom. The molecular weight excluding hydrogens is 703 g/mol. The van der Waals surface area contributed by atoms with Crippen molar-refractivity contribution in [2.45, 2.75) is 166 Å². The van der Waals surface area contributed by atoms with Gasteiger partial charge in [-0.3, -0.25) is 0 Å². The van der Waals surface area contributed by atoms with Crippen molar-refractivity contribution in [3.05, 3.63) is 11.9 Å². The Kier molecular flexibility index (Phi) is 8.59. The molecule has 8 aliphatic heterocycles. The number of hydrogen-bond donors (Lipinski definition) is 0. The lowest BCUT2D eigenvalue weighted by Gasteiger charge is -2.62. The van der Waals surface area contributed by atoms with Gasteiger partial charge in [-0.05, 0) is 83.0 Å². The summed E-state index contributed by atoms with van der Waals surface area (Å²) in [4.78, 5) is 24.0. The topological polar surface area (TPSA) is 123 Å². The lowest BCUT2D eigenvalue weighted by Crippen LogP contribution is -2.75. The molecule has 0 amide bonds. The average Bonchev–Trinajstić information content (AvgIpc) is 3.26. The van der Waals surface area contributed by atoms with E-state index < -0.39 is 71.5 Å². The van der Waals surface area contributed by atoms with Crippen molar-refractivity contribution in [2.24, 2.45) is 47.3 Å². The molecular formula is C37H54F3N3O10. The number of nitrogens with zero attached hydrogens (tertiary/aromatic N) is 3. The monoisotopic (exact) mass is 757 g/mol. The summed E-state index contributed by atoms with van der Waals surface area (Å²) in [6.07, 6.45) is 0.813. The number of aromatic nitrogens is 3. The molecule has 11 rings (SSSR count). The maximum Gasteiger partial charge on any atom is 0.443 e. The second kappa shape index (κ2) is 12.3. The van der Waals surface area contributed by atoms with E-state index in [4.69, 9.17) is 48.0 Å². The van der Waals surface area contributed by atoms with E-state index >= 15 is 13.2 Å². The number of rotatable bonds is 7. The summed E-state index contributed by atoms with van der Waals surface area (Å²) in [6, 6.07) is 0. The number of alkyl halides is 3. The van der Waals surface area contributed by atoms with Crippen LogP contribution in [0.25, 0.3) is 0 Å². The first-order chi connectivity index (χ1) is 25.0. The SMILES string of the molecule is C[C@@H]1CC[C@H]2[C@@H](C)[C@@](C)(OCCn3cc(CO[C@@]4(C(F)(F)F)O[C@@H]5O[C@]6(C)CC[C@H]7[C@H](C)CC[C@@H]([C@H]4C)[C@@]57OO6)nn3)O[C@@H]3O[C@]4(C)CC[C@@H]1[C@]32OO4. The summed E-state index contributed by atoms with van der Waals surface area (Å²) < 4.78 is 85.1. The Labute approximate surface area is 307 Å². The molecule has 4 bridgehead atoms. The van der Waals surface area contributed by atoms with Crippen LogP contribution in [0.5, 0.6) is 0 Å². The zero-order valence-corrected chi connectivity index (χ0v) is 31.7. The molecule has 1 aromatic heterocycles. The van der Waals surface area contributed by atoms with E-state index in [1.54, 1.807) is 13.1 Å². The molecule has 0 aromatic carbocycles. The molecule has 1 aromatic rings. The quantitative estimate of drug-likeness (QED) is 0.281. The highest BCUT2D eigenvalue weighted by atomic mass is 19.4. The molecule has 10 fully saturated rings. The first-order valence-electron chi connectivity index (χ1n) is 19.7. The van der Waals surface area contributed by atoms with Gasteiger partial charge in [-0.15, -0.1) is 5.10 Å². The minimum atomic E-state index is -4.89. The fourth-order valence-electron chi connectivity index (χ4n) is 11.8. The summed E-state index contributed by atoms with van der Waals surface area (Å²) >= 11 is 0. The third-order valence-corrected chi connectivity index (χ3v) is 14.9. The zero-order valence-electron chi connectivity index (χ0n) is 31.7. The van der Waals surface area contributed by atoms with E-state index in [0.717, 1.165) is 25.7 Å². The van der Waals surface area contributed by atoms with Crippen molar-refractivity contribution in [3.8, 4) is 0 Å². The highest BCUT2D eigenvalue weighted by Crippen LogP contribution is 2.65. The van der Waals surface area contributed by atoms with Crippen LogP contribution in [0.1, 0.15) is 106 Å². The van der Waals surface area contributed by atoms with Gasteiger partial charge < -0.3 is 28.4 Å². The van der Waals surface area contributed by atoms with Gasteiger partial charge in [-0.2, -0.15) is 13.2 Å². The van der Waals surface area contributed by atoms with Gasteiger partial charge in [-0.25, -0.2) is 24.2 Å². The molecule has 0 N–H and O–H groups in total. The minimum absolute atomic E-state index is 0.0480. The summed E-state index contributed by atoms with van der Waals surface area (Å²) in [5, 5.41) is 8.33. The standard InChI is InChI=1S/C37H54F3N3O10/c1-20-8-10-27-22(3)33(7,48-29-34(27)25(20)12-14-31(5,46-29)50-52-34)44-17-16-43-18-24(41-42-43)19-45-36(37(38,39)40)23(4)28-11-9-21(2)26-13-15-32(6)47-30(49-36)35(26,28)53-51-32/h18,20-23,25-30H,8-17,19H2,1-7H3/t20-,21-,22-,23-,25+,26+,27+,28+,29+,30+,31+,32+,33+,34-,35-,36-/m1/s1. The molecule has 2 aliphatic carbocycles. The van der Waals surface area contributed by atoms with Crippen LogP contribution in [0.3, 0.4) is 0 Å². The molecule has 10 aliphatic rings. The van der Waals surface area contributed by atoms with Gasteiger partial charge in [0.1, 0.15) is 5.69 Å².